The van der Waals surface area contributed by atoms with Gasteiger partial charge in [0.25, 0.3) is 0 Å². The maximum absolute atomic E-state index is 6.08. The van der Waals surface area contributed by atoms with Crippen LogP contribution < -0.4 is 4.90 Å². The highest BCUT2D eigenvalue weighted by molar-refractivity contribution is 9.08. The van der Waals surface area contributed by atoms with Gasteiger partial charge < -0.3 is 9.64 Å². The van der Waals surface area contributed by atoms with Crippen LogP contribution in [-0.4, -0.2) is 26.3 Å². The van der Waals surface area contributed by atoms with Crippen LogP contribution in [0.4, 0.5) is 5.69 Å². The number of rotatable bonds is 3. The van der Waals surface area contributed by atoms with Crippen LogP contribution in [-0.2, 0) is 10.1 Å². The predicted molar refractivity (Wildman–Crippen MR) is 76.3 cm³/mol. The molecule has 0 aliphatic carbocycles. The Kier molecular flexibility index (Phi) is 4.71. The minimum Gasteiger partial charge on any atom is -0.381 e. The van der Waals surface area contributed by atoms with Gasteiger partial charge in [-0.3, -0.25) is 0 Å². The first-order valence-corrected chi connectivity index (χ1v) is 7.36. The van der Waals surface area contributed by atoms with Crippen LogP contribution >= 0.6 is 27.5 Å². The number of ether oxygens (including phenoxy) is 1. The average Bonchev–Trinajstić information content (AvgIpc) is 2.39. The lowest BCUT2D eigenvalue weighted by Gasteiger charge is -2.34. The Balaban J connectivity index is 2.14. The summed E-state index contributed by atoms with van der Waals surface area (Å²) in [5.74, 6) is 0. The zero-order chi connectivity index (χ0) is 12.3. The molecule has 1 aliphatic heterocycles. The summed E-state index contributed by atoms with van der Waals surface area (Å²) in [6, 6.07) is 6.10. The van der Waals surface area contributed by atoms with Crippen LogP contribution in [0.3, 0.4) is 0 Å². The van der Waals surface area contributed by atoms with Crippen LogP contribution in [0.25, 0.3) is 0 Å². The molecule has 0 saturated carbocycles. The summed E-state index contributed by atoms with van der Waals surface area (Å²) in [5.41, 5.74) is 2.55. The summed E-state index contributed by atoms with van der Waals surface area (Å²) >= 11 is 9.61. The molecule has 2 nitrogen and oxygen atoms in total. The maximum Gasteiger partial charge on any atom is 0.0605 e. The molecule has 1 aromatic rings. The van der Waals surface area contributed by atoms with Gasteiger partial charge in [-0.25, -0.2) is 0 Å². The highest BCUT2D eigenvalue weighted by Crippen LogP contribution is 2.29. The van der Waals surface area contributed by atoms with Crippen molar-refractivity contribution >= 4 is 33.2 Å². The van der Waals surface area contributed by atoms with Crippen molar-refractivity contribution in [2.75, 3.05) is 25.1 Å². The first-order valence-electron chi connectivity index (χ1n) is 5.86. The van der Waals surface area contributed by atoms with Crippen molar-refractivity contribution < 1.29 is 4.74 Å². The molecule has 2 rings (SSSR count). The lowest BCUT2D eigenvalue weighted by Crippen LogP contribution is -2.37. The number of methoxy groups -OCH3 is 1. The van der Waals surface area contributed by atoms with Gasteiger partial charge >= 0.3 is 0 Å². The largest absolute Gasteiger partial charge is 0.381 e. The van der Waals surface area contributed by atoms with E-state index in [4.69, 9.17) is 16.3 Å². The summed E-state index contributed by atoms with van der Waals surface area (Å²) in [4.78, 5) is 2.40. The molecular weight excluding hydrogens is 302 g/mol. The second-order valence-electron chi connectivity index (χ2n) is 4.33. The second-order valence-corrected chi connectivity index (χ2v) is 5.33. The van der Waals surface area contributed by atoms with Gasteiger partial charge in [-0.1, -0.05) is 33.6 Å². The minimum atomic E-state index is 0.415. The van der Waals surface area contributed by atoms with Crippen molar-refractivity contribution in [2.24, 2.45) is 0 Å². The molecule has 0 unspecified atom stereocenters. The van der Waals surface area contributed by atoms with Gasteiger partial charge in [0.2, 0.25) is 0 Å². The Labute approximate surface area is 116 Å². The molecule has 4 heteroatoms. The number of hydrogen-bond acceptors (Lipinski definition) is 2. The van der Waals surface area contributed by atoms with Gasteiger partial charge in [0.05, 0.1) is 6.10 Å². The van der Waals surface area contributed by atoms with E-state index in [2.05, 4.69) is 33.0 Å². The van der Waals surface area contributed by atoms with Crippen LogP contribution in [0, 0.1) is 0 Å². The zero-order valence-corrected chi connectivity index (χ0v) is 12.3. The normalized spacial score (nSPS) is 17.5. The number of halogens is 2. The second kappa shape index (κ2) is 6.07. The number of nitrogens with zero attached hydrogens (tertiary/aromatic N) is 1. The third-order valence-corrected chi connectivity index (χ3v) is 4.15. The molecule has 1 saturated heterocycles. The lowest BCUT2D eigenvalue weighted by molar-refractivity contribution is 0.0819. The number of anilines is 1. The molecular formula is C13H17BrClNO. The molecule has 1 aliphatic rings. The number of benzene rings is 1. The molecule has 1 aromatic carbocycles. The number of hydrogen-bond donors (Lipinski definition) is 0. The molecule has 1 fully saturated rings. The Morgan fingerprint density at radius 3 is 2.71 bits per heavy atom. The molecule has 0 amide bonds. The van der Waals surface area contributed by atoms with Gasteiger partial charge in [0, 0.05) is 36.2 Å². The number of alkyl halides is 1. The van der Waals surface area contributed by atoms with Crippen molar-refractivity contribution in [1.29, 1.82) is 0 Å². The van der Waals surface area contributed by atoms with Gasteiger partial charge in [0.1, 0.15) is 0 Å². The van der Waals surface area contributed by atoms with E-state index in [9.17, 15) is 0 Å². The highest BCUT2D eigenvalue weighted by atomic mass is 79.9. The first-order chi connectivity index (χ1) is 8.24. The van der Waals surface area contributed by atoms with E-state index in [-0.39, 0.29) is 0 Å². The summed E-state index contributed by atoms with van der Waals surface area (Å²) < 4.78 is 5.39. The standard InChI is InChI=1S/C13H17BrClNO/c1-17-12-4-6-16(7-5-12)13-8-11(15)3-2-10(13)9-14/h2-3,8,12H,4-7,9H2,1H3. The summed E-state index contributed by atoms with van der Waals surface area (Å²) in [7, 11) is 1.80. The van der Waals surface area contributed by atoms with E-state index in [1.165, 1.54) is 11.3 Å². The van der Waals surface area contributed by atoms with Crippen molar-refractivity contribution in [1.82, 2.24) is 0 Å². The van der Waals surface area contributed by atoms with Crippen LogP contribution in [0.5, 0.6) is 0 Å². The van der Waals surface area contributed by atoms with Gasteiger partial charge in [-0.05, 0) is 30.5 Å². The Bertz CT molecular complexity index is 378. The van der Waals surface area contributed by atoms with E-state index in [1.54, 1.807) is 7.11 Å². The zero-order valence-electron chi connectivity index (χ0n) is 9.96. The molecule has 94 valence electrons. The maximum atomic E-state index is 6.08. The highest BCUT2D eigenvalue weighted by Gasteiger charge is 2.20. The first kappa shape index (κ1) is 13.2. The number of piperidine rings is 1. The molecule has 0 spiro atoms. The molecule has 0 atom stereocenters. The third kappa shape index (κ3) is 3.15. The Hall–Kier alpha value is -0.250. The quantitative estimate of drug-likeness (QED) is 0.785. The van der Waals surface area contributed by atoms with Crippen LogP contribution in [0.2, 0.25) is 5.02 Å². The molecule has 0 radical (unpaired) electrons. The molecule has 0 bridgehead atoms. The SMILES string of the molecule is COC1CCN(c2cc(Cl)ccc2CBr)CC1. The Morgan fingerprint density at radius 1 is 1.41 bits per heavy atom. The van der Waals surface area contributed by atoms with Gasteiger partial charge in [0.15, 0.2) is 0 Å². The fourth-order valence-electron chi connectivity index (χ4n) is 2.28. The molecule has 0 aromatic heterocycles. The van der Waals surface area contributed by atoms with Crippen LogP contribution in [0.1, 0.15) is 18.4 Å². The summed E-state index contributed by atoms with van der Waals surface area (Å²) in [5, 5.41) is 1.67. The van der Waals surface area contributed by atoms with Crippen LogP contribution in [0.15, 0.2) is 18.2 Å². The molecule has 0 N–H and O–H groups in total. The fraction of sp³-hybridized carbons (Fsp3) is 0.538. The third-order valence-electron chi connectivity index (χ3n) is 3.31. The minimum absolute atomic E-state index is 0.415. The van der Waals surface area contributed by atoms with Gasteiger partial charge in [-0.2, -0.15) is 0 Å². The molecule has 1 heterocycles. The van der Waals surface area contributed by atoms with Crippen molar-refractivity contribution in [2.45, 2.75) is 24.3 Å². The fourth-order valence-corrected chi connectivity index (χ4v) is 2.92. The van der Waals surface area contributed by atoms with Crippen molar-refractivity contribution in [3.8, 4) is 0 Å². The Morgan fingerprint density at radius 2 is 2.12 bits per heavy atom. The van der Waals surface area contributed by atoms with Gasteiger partial charge in [-0.15, -0.1) is 0 Å². The van der Waals surface area contributed by atoms with E-state index in [1.807, 2.05) is 6.07 Å². The van der Waals surface area contributed by atoms with E-state index < -0.39 is 0 Å². The smallest absolute Gasteiger partial charge is 0.0605 e. The lowest BCUT2D eigenvalue weighted by atomic mass is 10.1. The van der Waals surface area contributed by atoms with E-state index in [0.29, 0.717) is 6.10 Å². The van der Waals surface area contributed by atoms with Crippen molar-refractivity contribution in [3.63, 3.8) is 0 Å². The summed E-state index contributed by atoms with van der Waals surface area (Å²) in [6.45, 7) is 2.08. The summed E-state index contributed by atoms with van der Waals surface area (Å²) in [6.07, 6.45) is 2.59. The monoisotopic (exact) mass is 317 g/mol. The topological polar surface area (TPSA) is 12.5 Å². The van der Waals surface area contributed by atoms with Crippen molar-refractivity contribution in [3.05, 3.63) is 28.8 Å². The predicted octanol–water partition coefficient (Wildman–Crippen LogP) is 3.85. The van der Waals surface area contributed by atoms with E-state index in [0.717, 1.165) is 36.3 Å². The molecule has 17 heavy (non-hydrogen) atoms. The van der Waals surface area contributed by atoms with E-state index >= 15 is 0 Å². The average molecular weight is 319 g/mol.